The highest BCUT2D eigenvalue weighted by molar-refractivity contribution is 7.85. The lowest BCUT2D eigenvalue weighted by atomic mass is 10.3. The summed E-state index contributed by atoms with van der Waals surface area (Å²) >= 11 is 0. The third kappa shape index (κ3) is 4.49. The van der Waals surface area contributed by atoms with Crippen molar-refractivity contribution in [3.05, 3.63) is 48.5 Å². The Morgan fingerprint density at radius 2 is 1.21 bits per heavy atom. The Bertz CT molecular complexity index is 616. The highest BCUT2D eigenvalue weighted by Crippen LogP contribution is 2.32. The van der Waals surface area contributed by atoms with Crippen LogP contribution in [0.5, 0.6) is 17.2 Å². The molecule has 0 aromatic heterocycles. The fraction of sp³-hybridized carbons (Fsp3) is 0. The van der Waals surface area contributed by atoms with Gasteiger partial charge >= 0.3 is 0 Å². The molecule has 0 aliphatic rings. The van der Waals surface area contributed by atoms with E-state index in [4.69, 9.17) is 19.9 Å². The van der Waals surface area contributed by atoms with E-state index in [2.05, 4.69) is 0 Å². The standard InChI is InChI=1S/C6H6O3S.C6H6O3/c7-10(8,9)6-4-2-1-3-5-6;7-4-2-1-3-5(8)6(4)9/h1-5H,(H,7,8,9);1-3,7-9H. The van der Waals surface area contributed by atoms with Gasteiger partial charge in [0.05, 0.1) is 4.90 Å². The first-order valence-electron chi connectivity index (χ1n) is 5.05. The van der Waals surface area contributed by atoms with Crippen LogP contribution in [-0.4, -0.2) is 28.3 Å². The lowest BCUT2D eigenvalue weighted by Gasteiger charge is -1.96. The van der Waals surface area contributed by atoms with E-state index in [1.807, 2.05) is 0 Å². The van der Waals surface area contributed by atoms with Crippen molar-refractivity contribution in [1.82, 2.24) is 0 Å². The Morgan fingerprint density at radius 3 is 1.53 bits per heavy atom. The van der Waals surface area contributed by atoms with Gasteiger partial charge in [-0.15, -0.1) is 0 Å². The van der Waals surface area contributed by atoms with Gasteiger partial charge in [-0.1, -0.05) is 24.3 Å². The number of para-hydroxylation sites is 1. The van der Waals surface area contributed by atoms with Gasteiger partial charge < -0.3 is 15.3 Å². The van der Waals surface area contributed by atoms with Gasteiger partial charge in [-0.25, -0.2) is 0 Å². The molecule has 19 heavy (non-hydrogen) atoms. The van der Waals surface area contributed by atoms with Gasteiger partial charge in [0.25, 0.3) is 10.1 Å². The molecule has 0 amide bonds. The second-order valence-corrected chi connectivity index (χ2v) is 4.85. The number of rotatable bonds is 1. The molecule has 0 aliphatic heterocycles. The van der Waals surface area contributed by atoms with Gasteiger partial charge in [-0.05, 0) is 24.3 Å². The maximum Gasteiger partial charge on any atom is 0.294 e. The maximum atomic E-state index is 10.4. The van der Waals surface area contributed by atoms with Crippen molar-refractivity contribution in [2.24, 2.45) is 0 Å². The molecule has 0 saturated heterocycles. The van der Waals surface area contributed by atoms with Gasteiger partial charge in [0, 0.05) is 0 Å². The summed E-state index contributed by atoms with van der Waals surface area (Å²) in [5.74, 6) is -1.09. The van der Waals surface area contributed by atoms with Gasteiger partial charge in [0.1, 0.15) is 0 Å². The largest absolute Gasteiger partial charge is 0.504 e. The summed E-state index contributed by atoms with van der Waals surface area (Å²) in [7, 11) is -4.00. The molecule has 0 saturated carbocycles. The molecule has 7 heteroatoms. The SMILES string of the molecule is O=S(=O)(O)c1ccccc1.Oc1cccc(O)c1O. The summed E-state index contributed by atoms with van der Waals surface area (Å²) in [5, 5.41) is 26.1. The van der Waals surface area contributed by atoms with Crippen LogP contribution in [0.1, 0.15) is 0 Å². The van der Waals surface area contributed by atoms with E-state index < -0.39 is 15.9 Å². The average Bonchev–Trinajstić information content (AvgIpc) is 2.37. The molecule has 0 radical (unpaired) electrons. The monoisotopic (exact) mass is 284 g/mol. The minimum Gasteiger partial charge on any atom is -0.504 e. The predicted octanol–water partition coefficient (Wildman–Crippen LogP) is 1.74. The molecule has 0 fully saturated rings. The highest BCUT2D eigenvalue weighted by atomic mass is 32.2. The summed E-state index contributed by atoms with van der Waals surface area (Å²) in [6.45, 7) is 0. The zero-order chi connectivity index (χ0) is 14.5. The van der Waals surface area contributed by atoms with E-state index in [0.29, 0.717) is 0 Å². The summed E-state index contributed by atoms with van der Waals surface area (Å²) < 4.78 is 29.2. The molecule has 4 N–H and O–H groups in total. The highest BCUT2D eigenvalue weighted by Gasteiger charge is 2.05. The molecule has 0 aliphatic carbocycles. The van der Waals surface area contributed by atoms with Crippen molar-refractivity contribution in [3.63, 3.8) is 0 Å². The number of benzene rings is 2. The molecule has 0 bridgehead atoms. The first-order chi connectivity index (χ1) is 8.82. The molecule has 2 aromatic rings. The van der Waals surface area contributed by atoms with Crippen molar-refractivity contribution < 1.29 is 28.3 Å². The van der Waals surface area contributed by atoms with E-state index in [0.717, 1.165) is 0 Å². The van der Waals surface area contributed by atoms with Gasteiger partial charge in [-0.2, -0.15) is 8.42 Å². The molecule has 0 heterocycles. The van der Waals surface area contributed by atoms with Crippen LogP contribution >= 0.6 is 0 Å². The Labute approximate surface area is 110 Å². The number of phenols is 3. The topological polar surface area (TPSA) is 115 Å². The Morgan fingerprint density at radius 1 is 0.737 bits per heavy atom. The van der Waals surface area contributed by atoms with Crippen molar-refractivity contribution in [1.29, 1.82) is 0 Å². The Hall–Kier alpha value is -2.25. The zero-order valence-corrected chi connectivity index (χ0v) is 10.4. The first-order valence-corrected chi connectivity index (χ1v) is 6.49. The summed E-state index contributed by atoms with van der Waals surface area (Å²) in [5.41, 5.74) is 0. The minimum atomic E-state index is -4.00. The molecule has 0 spiro atoms. The third-order valence-electron chi connectivity index (χ3n) is 2.03. The normalized spacial score (nSPS) is 10.4. The molecule has 2 aromatic carbocycles. The van der Waals surface area contributed by atoms with E-state index in [1.165, 1.54) is 30.3 Å². The van der Waals surface area contributed by atoms with E-state index >= 15 is 0 Å². The number of aromatic hydroxyl groups is 3. The first kappa shape index (κ1) is 14.8. The van der Waals surface area contributed by atoms with Crippen molar-refractivity contribution in [2.45, 2.75) is 4.90 Å². The summed E-state index contributed by atoms with van der Waals surface area (Å²) in [4.78, 5) is -0.0741. The molecule has 102 valence electrons. The fourth-order valence-corrected chi connectivity index (χ4v) is 1.61. The minimum absolute atomic E-state index is 0.0741. The zero-order valence-electron chi connectivity index (χ0n) is 9.63. The predicted molar refractivity (Wildman–Crippen MR) is 67.7 cm³/mol. The van der Waals surface area contributed by atoms with Crippen LogP contribution < -0.4 is 0 Å². The van der Waals surface area contributed by atoms with Crippen LogP contribution in [0.25, 0.3) is 0 Å². The molecule has 2 rings (SSSR count). The van der Waals surface area contributed by atoms with Gasteiger partial charge in [-0.3, -0.25) is 4.55 Å². The summed E-state index contributed by atoms with van der Waals surface area (Å²) in [6.07, 6.45) is 0. The van der Waals surface area contributed by atoms with E-state index in [-0.39, 0.29) is 16.4 Å². The lowest BCUT2D eigenvalue weighted by Crippen LogP contribution is -1.96. The van der Waals surface area contributed by atoms with Crippen molar-refractivity contribution in [3.8, 4) is 17.2 Å². The number of hydrogen-bond donors (Lipinski definition) is 4. The van der Waals surface area contributed by atoms with Crippen molar-refractivity contribution >= 4 is 10.1 Å². The van der Waals surface area contributed by atoms with Crippen LogP contribution in [0.4, 0.5) is 0 Å². The number of phenolic OH excluding ortho intramolecular Hbond substituents is 3. The smallest absolute Gasteiger partial charge is 0.294 e. The molecular weight excluding hydrogens is 272 g/mol. The van der Waals surface area contributed by atoms with Crippen LogP contribution in [0.15, 0.2) is 53.4 Å². The van der Waals surface area contributed by atoms with Crippen LogP contribution in [0.2, 0.25) is 0 Å². The summed E-state index contributed by atoms with van der Waals surface area (Å²) in [6, 6.07) is 11.4. The average molecular weight is 284 g/mol. The second-order valence-electron chi connectivity index (χ2n) is 3.43. The van der Waals surface area contributed by atoms with Crippen molar-refractivity contribution in [2.75, 3.05) is 0 Å². The Balaban J connectivity index is 0.000000191. The molecule has 0 unspecified atom stereocenters. The molecular formula is C12H12O6S. The lowest BCUT2D eigenvalue weighted by molar-refractivity contribution is 0.368. The maximum absolute atomic E-state index is 10.4. The second kappa shape index (κ2) is 6.07. The quantitative estimate of drug-likeness (QED) is 0.468. The Kier molecular flexibility index (Phi) is 4.74. The molecule has 6 nitrogen and oxygen atoms in total. The fourth-order valence-electron chi connectivity index (χ4n) is 1.11. The van der Waals surface area contributed by atoms with Gasteiger partial charge in [0.15, 0.2) is 17.2 Å². The van der Waals surface area contributed by atoms with E-state index in [9.17, 15) is 8.42 Å². The van der Waals surface area contributed by atoms with Crippen LogP contribution in [0.3, 0.4) is 0 Å². The number of hydrogen-bond acceptors (Lipinski definition) is 5. The van der Waals surface area contributed by atoms with E-state index in [1.54, 1.807) is 18.2 Å². The third-order valence-corrected chi connectivity index (χ3v) is 2.90. The molecule has 0 atom stereocenters. The van der Waals surface area contributed by atoms with Crippen LogP contribution in [-0.2, 0) is 10.1 Å². The van der Waals surface area contributed by atoms with Crippen LogP contribution in [0, 0.1) is 0 Å². The van der Waals surface area contributed by atoms with Gasteiger partial charge in [0.2, 0.25) is 0 Å².